The van der Waals surface area contributed by atoms with Crippen LogP contribution in [0.4, 0.5) is 6.01 Å². The third kappa shape index (κ3) is 4.69. The molecule has 1 N–H and O–H groups in total. The number of hydrogen-bond donors (Lipinski definition) is 1. The Kier molecular flexibility index (Phi) is 6.19. The molecule has 0 saturated carbocycles. The molecule has 0 amide bonds. The van der Waals surface area contributed by atoms with E-state index in [-0.39, 0.29) is 0 Å². The molecule has 18 heavy (non-hydrogen) atoms. The molecular formula is C14H27N3O. The molecule has 0 spiro atoms. The SMILES string of the molecule is CCCC(C)N(C)c1nc(CNCC(C)C)co1. The zero-order chi connectivity index (χ0) is 13.5. The summed E-state index contributed by atoms with van der Waals surface area (Å²) >= 11 is 0. The molecule has 0 fully saturated rings. The van der Waals surface area contributed by atoms with E-state index in [4.69, 9.17) is 4.42 Å². The maximum absolute atomic E-state index is 5.53. The minimum absolute atomic E-state index is 0.463. The van der Waals surface area contributed by atoms with Crippen LogP contribution in [0.2, 0.25) is 0 Å². The van der Waals surface area contributed by atoms with E-state index >= 15 is 0 Å². The summed E-state index contributed by atoms with van der Waals surface area (Å²) in [5.41, 5.74) is 0.973. The first-order valence-electron chi connectivity index (χ1n) is 6.92. The van der Waals surface area contributed by atoms with Gasteiger partial charge in [0.05, 0.1) is 5.69 Å². The van der Waals surface area contributed by atoms with Gasteiger partial charge in [-0.05, 0) is 25.8 Å². The predicted octanol–water partition coefficient (Wildman–Crippen LogP) is 3.05. The molecular weight excluding hydrogens is 226 g/mol. The van der Waals surface area contributed by atoms with Crippen molar-refractivity contribution in [1.29, 1.82) is 0 Å². The Morgan fingerprint density at radius 3 is 2.72 bits per heavy atom. The molecule has 0 bridgehead atoms. The van der Waals surface area contributed by atoms with Gasteiger partial charge >= 0.3 is 0 Å². The third-order valence-electron chi connectivity index (χ3n) is 3.07. The highest BCUT2D eigenvalue weighted by molar-refractivity contribution is 5.26. The number of anilines is 1. The molecule has 0 aromatic carbocycles. The average Bonchev–Trinajstić information content (AvgIpc) is 2.76. The van der Waals surface area contributed by atoms with Crippen LogP contribution in [0, 0.1) is 5.92 Å². The van der Waals surface area contributed by atoms with Gasteiger partial charge in [0.25, 0.3) is 6.01 Å². The quantitative estimate of drug-likeness (QED) is 0.773. The molecule has 0 radical (unpaired) electrons. The average molecular weight is 253 g/mol. The number of hydrogen-bond acceptors (Lipinski definition) is 4. The number of nitrogens with one attached hydrogen (secondary N) is 1. The molecule has 1 unspecified atom stereocenters. The van der Waals surface area contributed by atoms with E-state index in [0.717, 1.165) is 31.2 Å². The fourth-order valence-electron chi connectivity index (χ4n) is 1.83. The molecule has 0 aliphatic rings. The number of nitrogens with zero attached hydrogens (tertiary/aromatic N) is 2. The van der Waals surface area contributed by atoms with Gasteiger partial charge in [0.1, 0.15) is 6.26 Å². The van der Waals surface area contributed by atoms with Gasteiger partial charge in [-0.3, -0.25) is 0 Å². The summed E-state index contributed by atoms with van der Waals surface area (Å²) in [4.78, 5) is 6.61. The molecule has 1 aromatic heterocycles. The minimum Gasteiger partial charge on any atom is -0.432 e. The molecule has 0 aliphatic carbocycles. The van der Waals surface area contributed by atoms with Crippen molar-refractivity contribution < 1.29 is 4.42 Å². The van der Waals surface area contributed by atoms with Gasteiger partial charge in [-0.1, -0.05) is 27.2 Å². The van der Waals surface area contributed by atoms with Gasteiger partial charge < -0.3 is 14.6 Å². The predicted molar refractivity (Wildman–Crippen MR) is 75.8 cm³/mol. The lowest BCUT2D eigenvalue weighted by Gasteiger charge is -2.22. The number of oxazole rings is 1. The van der Waals surface area contributed by atoms with Crippen LogP contribution in [0.1, 0.15) is 46.2 Å². The first-order valence-corrected chi connectivity index (χ1v) is 6.92. The van der Waals surface area contributed by atoms with E-state index in [9.17, 15) is 0 Å². The highest BCUT2D eigenvalue weighted by Gasteiger charge is 2.14. The number of aromatic nitrogens is 1. The Bertz CT molecular complexity index is 336. The summed E-state index contributed by atoms with van der Waals surface area (Å²) in [5, 5.41) is 3.37. The first-order chi connectivity index (χ1) is 8.54. The third-order valence-corrected chi connectivity index (χ3v) is 3.07. The fraction of sp³-hybridized carbons (Fsp3) is 0.786. The Balaban J connectivity index is 2.46. The molecule has 1 heterocycles. The molecule has 0 aliphatic heterocycles. The molecule has 1 aromatic rings. The topological polar surface area (TPSA) is 41.3 Å². The van der Waals surface area contributed by atoms with Gasteiger partial charge in [-0.25, -0.2) is 0 Å². The van der Waals surface area contributed by atoms with Crippen LogP contribution in [0.3, 0.4) is 0 Å². The van der Waals surface area contributed by atoms with E-state index in [2.05, 4.69) is 42.9 Å². The van der Waals surface area contributed by atoms with E-state index < -0.39 is 0 Å². The molecule has 4 nitrogen and oxygen atoms in total. The van der Waals surface area contributed by atoms with Crippen molar-refractivity contribution in [3.63, 3.8) is 0 Å². The molecule has 4 heteroatoms. The molecule has 1 rings (SSSR count). The van der Waals surface area contributed by atoms with Crippen molar-refractivity contribution in [3.05, 3.63) is 12.0 Å². The first kappa shape index (κ1) is 15.0. The standard InChI is InChI=1S/C14H27N3O/c1-6-7-12(4)17(5)14-16-13(10-18-14)9-15-8-11(2)3/h10-12,15H,6-9H2,1-5H3. The van der Waals surface area contributed by atoms with Crippen molar-refractivity contribution in [2.75, 3.05) is 18.5 Å². The fourth-order valence-corrected chi connectivity index (χ4v) is 1.83. The van der Waals surface area contributed by atoms with Crippen LogP contribution >= 0.6 is 0 Å². The van der Waals surface area contributed by atoms with Gasteiger partial charge in [0, 0.05) is 19.6 Å². The van der Waals surface area contributed by atoms with E-state index in [0.29, 0.717) is 12.0 Å². The summed E-state index contributed by atoms with van der Waals surface area (Å²) < 4.78 is 5.53. The van der Waals surface area contributed by atoms with Crippen molar-refractivity contribution >= 4 is 6.01 Å². The number of rotatable bonds is 8. The highest BCUT2D eigenvalue weighted by atomic mass is 16.4. The normalized spacial score (nSPS) is 13.0. The van der Waals surface area contributed by atoms with Crippen molar-refractivity contribution in [2.24, 2.45) is 5.92 Å². The highest BCUT2D eigenvalue weighted by Crippen LogP contribution is 2.16. The second-order valence-electron chi connectivity index (χ2n) is 5.39. The lowest BCUT2D eigenvalue weighted by atomic mass is 10.2. The monoisotopic (exact) mass is 253 g/mol. The van der Waals surface area contributed by atoms with Gasteiger partial charge in [0.15, 0.2) is 0 Å². The maximum atomic E-state index is 5.53. The van der Waals surface area contributed by atoms with E-state index in [1.165, 1.54) is 6.42 Å². The maximum Gasteiger partial charge on any atom is 0.297 e. The summed E-state index contributed by atoms with van der Waals surface area (Å²) in [6, 6.07) is 1.18. The van der Waals surface area contributed by atoms with Gasteiger partial charge in [-0.2, -0.15) is 4.98 Å². The summed E-state index contributed by atoms with van der Waals surface area (Å²) in [5.74, 6) is 0.656. The van der Waals surface area contributed by atoms with Gasteiger partial charge in [-0.15, -0.1) is 0 Å². The minimum atomic E-state index is 0.463. The second-order valence-corrected chi connectivity index (χ2v) is 5.39. The Hall–Kier alpha value is -1.03. The largest absolute Gasteiger partial charge is 0.432 e. The summed E-state index contributed by atoms with van der Waals surface area (Å²) in [6.07, 6.45) is 4.08. The van der Waals surface area contributed by atoms with Crippen LogP contribution in [-0.4, -0.2) is 24.6 Å². The van der Waals surface area contributed by atoms with Gasteiger partial charge in [0.2, 0.25) is 0 Å². The lowest BCUT2D eigenvalue weighted by molar-refractivity contribution is 0.505. The molecule has 104 valence electrons. The van der Waals surface area contributed by atoms with Crippen molar-refractivity contribution in [2.45, 2.75) is 53.1 Å². The lowest BCUT2D eigenvalue weighted by Crippen LogP contribution is -2.28. The second kappa shape index (κ2) is 7.41. The Labute approximate surface area is 111 Å². The smallest absolute Gasteiger partial charge is 0.297 e. The summed E-state index contributed by atoms with van der Waals surface area (Å²) in [6.45, 7) is 10.6. The molecule has 1 atom stereocenters. The molecule has 0 saturated heterocycles. The van der Waals surface area contributed by atoms with E-state index in [1.807, 2.05) is 7.05 Å². The zero-order valence-electron chi connectivity index (χ0n) is 12.4. The zero-order valence-corrected chi connectivity index (χ0v) is 12.4. The van der Waals surface area contributed by atoms with Crippen molar-refractivity contribution in [3.8, 4) is 0 Å². The van der Waals surface area contributed by atoms with Crippen LogP contribution in [0.5, 0.6) is 0 Å². The summed E-state index contributed by atoms with van der Waals surface area (Å²) in [7, 11) is 2.04. The van der Waals surface area contributed by atoms with Crippen LogP contribution in [0.15, 0.2) is 10.7 Å². The van der Waals surface area contributed by atoms with Crippen LogP contribution in [0.25, 0.3) is 0 Å². The Morgan fingerprint density at radius 1 is 1.39 bits per heavy atom. The van der Waals surface area contributed by atoms with Crippen molar-refractivity contribution in [1.82, 2.24) is 10.3 Å². The Morgan fingerprint density at radius 2 is 2.11 bits per heavy atom. The van der Waals surface area contributed by atoms with E-state index in [1.54, 1.807) is 6.26 Å². The van der Waals surface area contributed by atoms with Crippen LogP contribution in [-0.2, 0) is 6.54 Å². The van der Waals surface area contributed by atoms with Crippen LogP contribution < -0.4 is 10.2 Å².